The summed E-state index contributed by atoms with van der Waals surface area (Å²) in [7, 11) is 0. The zero-order valence-electron chi connectivity index (χ0n) is 14.4. The van der Waals surface area contributed by atoms with E-state index >= 15 is 0 Å². The van der Waals surface area contributed by atoms with Crippen molar-refractivity contribution >= 4 is 29.5 Å². The molecule has 0 radical (unpaired) electrons. The third kappa shape index (κ3) is 4.76. The van der Waals surface area contributed by atoms with Crippen LogP contribution < -0.4 is 0 Å². The predicted molar refractivity (Wildman–Crippen MR) is 102 cm³/mol. The fraction of sp³-hybridized carbons (Fsp3) is 0.667. The monoisotopic (exact) mass is 366 g/mol. The summed E-state index contributed by atoms with van der Waals surface area (Å²) < 4.78 is 0. The molecule has 2 fully saturated rings. The van der Waals surface area contributed by atoms with E-state index in [1.165, 1.54) is 63.2 Å². The maximum Gasteiger partial charge on any atom is 0.123 e. The first-order valence-corrected chi connectivity index (χ1v) is 10.3. The molecule has 0 unspecified atom stereocenters. The smallest absolute Gasteiger partial charge is 0.123 e. The van der Waals surface area contributed by atoms with Crippen molar-refractivity contribution in [2.75, 3.05) is 0 Å². The predicted octanol–water partition coefficient (Wildman–Crippen LogP) is 7.05. The molecule has 0 amide bonds. The van der Waals surface area contributed by atoms with Crippen LogP contribution in [0.15, 0.2) is 18.2 Å². The van der Waals surface area contributed by atoms with Gasteiger partial charge in [0.15, 0.2) is 0 Å². The fourth-order valence-corrected chi connectivity index (χ4v) is 4.94. The van der Waals surface area contributed by atoms with Crippen molar-refractivity contribution in [2.24, 2.45) is 17.8 Å². The van der Waals surface area contributed by atoms with Crippen LogP contribution in [0.2, 0.25) is 10.0 Å². The second-order valence-corrected chi connectivity index (χ2v) is 8.70. The van der Waals surface area contributed by atoms with Crippen LogP contribution in [0.1, 0.15) is 75.7 Å². The third-order valence-corrected chi connectivity index (χ3v) is 7.07. The van der Waals surface area contributed by atoms with Crippen molar-refractivity contribution < 1.29 is 4.79 Å². The summed E-state index contributed by atoms with van der Waals surface area (Å²) in [4.78, 5) is 10.8. The molecular formula is C21H28Cl2O. The van der Waals surface area contributed by atoms with Crippen molar-refractivity contribution in [3.63, 3.8) is 0 Å². The van der Waals surface area contributed by atoms with E-state index in [-0.39, 0.29) is 0 Å². The zero-order valence-corrected chi connectivity index (χ0v) is 15.9. The minimum absolute atomic E-state index is 0.350. The van der Waals surface area contributed by atoms with Gasteiger partial charge >= 0.3 is 0 Å². The van der Waals surface area contributed by atoms with Crippen LogP contribution in [-0.4, -0.2) is 6.29 Å². The van der Waals surface area contributed by atoms with Gasteiger partial charge in [-0.15, -0.1) is 0 Å². The summed E-state index contributed by atoms with van der Waals surface area (Å²) >= 11 is 12.2. The summed E-state index contributed by atoms with van der Waals surface area (Å²) in [6.07, 6.45) is 13.9. The van der Waals surface area contributed by atoms with Gasteiger partial charge in [0.2, 0.25) is 0 Å². The highest BCUT2D eigenvalue weighted by molar-refractivity contribution is 6.42. The van der Waals surface area contributed by atoms with Crippen LogP contribution in [0.4, 0.5) is 0 Å². The lowest BCUT2D eigenvalue weighted by Gasteiger charge is -2.31. The van der Waals surface area contributed by atoms with Crippen molar-refractivity contribution in [1.29, 1.82) is 0 Å². The number of hydrogen-bond donors (Lipinski definition) is 0. The van der Waals surface area contributed by atoms with Crippen LogP contribution in [0.25, 0.3) is 0 Å². The van der Waals surface area contributed by atoms with Crippen LogP contribution in [0.5, 0.6) is 0 Å². The highest BCUT2D eigenvalue weighted by Crippen LogP contribution is 2.40. The second kappa shape index (κ2) is 8.72. The quantitative estimate of drug-likeness (QED) is 0.510. The first kappa shape index (κ1) is 18.3. The number of carbonyl (C=O) groups excluding carboxylic acids is 1. The topological polar surface area (TPSA) is 17.1 Å². The molecule has 0 spiro atoms. The molecule has 3 rings (SSSR count). The van der Waals surface area contributed by atoms with Gasteiger partial charge in [-0.05, 0) is 86.8 Å². The lowest BCUT2D eigenvalue weighted by atomic mass is 9.74. The standard InChI is InChI=1S/C21H28Cl2O/c22-20-12-11-19(13-21(20)23)18-9-7-16(8-10-18)2-1-15-3-5-17(14-24)6-4-15/h11-18H,1-10H2. The van der Waals surface area contributed by atoms with E-state index in [1.54, 1.807) is 0 Å². The molecule has 2 aliphatic carbocycles. The Morgan fingerprint density at radius 2 is 1.42 bits per heavy atom. The molecule has 1 nitrogen and oxygen atoms in total. The molecule has 0 bridgehead atoms. The Balaban J connectivity index is 1.40. The summed E-state index contributed by atoms with van der Waals surface area (Å²) in [5.41, 5.74) is 1.36. The summed E-state index contributed by atoms with van der Waals surface area (Å²) in [6.45, 7) is 0. The summed E-state index contributed by atoms with van der Waals surface area (Å²) in [6, 6.07) is 6.13. The molecule has 3 heteroatoms. The van der Waals surface area contributed by atoms with Gasteiger partial charge in [0.05, 0.1) is 10.0 Å². The molecule has 0 aliphatic heterocycles. The van der Waals surface area contributed by atoms with E-state index in [0.29, 0.717) is 21.9 Å². The Kier molecular flexibility index (Phi) is 6.63. The second-order valence-electron chi connectivity index (χ2n) is 7.89. The van der Waals surface area contributed by atoms with Crippen molar-refractivity contribution in [3.05, 3.63) is 33.8 Å². The maximum absolute atomic E-state index is 10.8. The number of benzene rings is 1. The molecule has 0 heterocycles. The van der Waals surface area contributed by atoms with Gasteiger partial charge in [0.1, 0.15) is 6.29 Å². The molecule has 0 N–H and O–H groups in total. The van der Waals surface area contributed by atoms with E-state index in [0.717, 1.165) is 24.7 Å². The van der Waals surface area contributed by atoms with Gasteiger partial charge in [0, 0.05) is 5.92 Å². The molecule has 0 atom stereocenters. The molecule has 2 saturated carbocycles. The number of rotatable bonds is 5. The van der Waals surface area contributed by atoms with Gasteiger partial charge < -0.3 is 4.79 Å². The van der Waals surface area contributed by atoms with Crippen molar-refractivity contribution in [1.82, 2.24) is 0 Å². The van der Waals surface area contributed by atoms with Gasteiger partial charge in [-0.25, -0.2) is 0 Å². The first-order chi connectivity index (χ1) is 11.7. The average molecular weight is 367 g/mol. The van der Waals surface area contributed by atoms with Gasteiger partial charge in [-0.1, -0.05) is 42.1 Å². The normalized spacial score (nSPS) is 30.9. The van der Waals surface area contributed by atoms with Gasteiger partial charge in [-0.3, -0.25) is 0 Å². The molecular weight excluding hydrogens is 339 g/mol. The van der Waals surface area contributed by atoms with E-state index in [9.17, 15) is 4.79 Å². The molecule has 24 heavy (non-hydrogen) atoms. The molecule has 0 aromatic heterocycles. The van der Waals surface area contributed by atoms with Crippen molar-refractivity contribution in [2.45, 2.75) is 70.1 Å². The van der Waals surface area contributed by atoms with Crippen LogP contribution in [0.3, 0.4) is 0 Å². The third-order valence-electron chi connectivity index (χ3n) is 6.33. The minimum atomic E-state index is 0.350. The Labute approximate surface area is 156 Å². The van der Waals surface area contributed by atoms with Crippen molar-refractivity contribution in [3.8, 4) is 0 Å². The SMILES string of the molecule is O=CC1CCC(CCC2CCC(c3ccc(Cl)c(Cl)c3)CC2)CC1. The molecule has 132 valence electrons. The Morgan fingerprint density at radius 1 is 0.833 bits per heavy atom. The average Bonchev–Trinajstić information content (AvgIpc) is 2.63. The maximum atomic E-state index is 10.8. The van der Waals surface area contributed by atoms with Gasteiger partial charge in [0.25, 0.3) is 0 Å². The lowest BCUT2D eigenvalue weighted by molar-refractivity contribution is -0.112. The molecule has 2 aliphatic rings. The molecule has 0 saturated heterocycles. The summed E-state index contributed by atoms with van der Waals surface area (Å²) in [5.74, 6) is 2.77. The fourth-order valence-electron chi connectivity index (χ4n) is 4.64. The minimum Gasteiger partial charge on any atom is -0.303 e. The Morgan fingerprint density at radius 3 is 1.96 bits per heavy atom. The van der Waals surface area contributed by atoms with E-state index < -0.39 is 0 Å². The largest absolute Gasteiger partial charge is 0.303 e. The van der Waals surface area contributed by atoms with Gasteiger partial charge in [-0.2, -0.15) is 0 Å². The van der Waals surface area contributed by atoms with E-state index in [1.807, 2.05) is 6.07 Å². The number of halogens is 2. The van der Waals surface area contributed by atoms with Crippen LogP contribution in [-0.2, 0) is 4.79 Å². The van der Waals surface area contributed by atoms with E-state index in [4.69, 9.17) is 23.2 Å². The Bertz CT molecular complexity index is 541. The van der Waals surface area contributed by atoms with E-state index in [2.05, 4.69) is 12.1 Å². The number of hydrogen-bond acceptors (Lipinski definition) is 1. The summed E-state index contributed by atoms with van der Waals surface area (Å²) in [5, 5.41) is 1.33. The first-order valence-electron chi connectivity index (χ1n) is 9.56. The highest BCUT2D eigenvalue weighted by atomic mass is 35.5. The van der Waals surface area contributed by atoms with Crippen LogP contribution >= 0.6 is 23.2 Å². The highest BCUT2D eigenvalue weighted by Gasteiger charge is 2.25. The number of aldehydes is 1. The zero-order chi connectivity index (χ0) is 16.9. The van der Waals surface area contributed by atoms with Crippen LogP contribution in [0, 0.1) is 17.8 Å². The molecule has 1 aromatic carbocycles. The Hall–Kier alpha value is -0.530. The lowest BCUT2D eigenvalue weighted by Crippen LogP contribution is -2.18. The number of carbonyl (C=O) groups is 1. The molecule has 1 aromatic rings.